The zero-order valence-electron chi connectivity index (χ0n) is 18.5. The molecule has 0 aliphatic carbocycles. The first-order valence-electron chi connectivity index (χ1n) is 10.2. The zero-order chi connectivity index (χ0) is 23.3. The molecule has 1 unspecified atom stereocenters. The monoisotopic (exact) mass is 437 g/mol. The highest BCUT2D eigenvalue weighted by atomic mass is 16.6. The number of hydrogen-bond donors (Lipinski definition) is 2. The Hall–Kier alpha value is -3.81. The van der Waals surface area contributed by atoms with E-state index in [0.717, 1.165) is 11.3 Å². The molecule has 0 saturated heterocycles. The molecule has 0 spiro atoms. The number of aliphatic carboxylic acids is 1. The second-order valence-electron chi connectivity index (χ2n) is 8.25. The highest BCUT2D eigenvalue weighted by Crippen LogP contribution is 2.27. The van der Waals surface area contributed by atoms with Crippen LogP contribution in [0.25, 0.3) is 16.9 Å². The lowest BCUT2D eigenvalue weighted by atomic mass is 10.0. The Balaban J connectivity index is 1.95. The van der Waals surface area contributed by atoms with Crippen molar-refractivity contribution < 1.29 is 24.2 Å². The molecule has 2 aromatic carbocycles. The number of benzene rings is 2. The number of carbonyl (C=O) groups excluding carboxylic acids is 1. The van der Waals surface area contributed by atoms with Gasteiger partial charge in [0, 0.05) is 23.7 Å². The van der Waals surface area contributed by atoms with E-state index in [1.54, 1.807) is 38.8 Å². The van der Waals surface area contributed by atoms with Crippen molar-refractivity contribution in [1.82, 2.24) is 15.1 Å². The molecule has 1 amide bonds. The molecule has 1 heterocycles. The maximum absolute atomic E-state index is 12.2. The first-order chi connectivity index (χ1) is 15.2. The molecule has 168 valence electrons. The van der Waals surface area contributed by atoms with Crippen molar-refractivity contribution in [2.75, 3.05) is 7.11 Å². The lowest BCUT2D eigenvalue weighted by Gasteiger charge is -2.22. The summed E-state index contributed by atoms with van der Waals surface area (Å²) in [6.07, 6.45) is 1.02. The smallest absolute Gasteiger partial charge is 0.408 e. The third-order valence-corrected chi connectivity index (χ3v) is 4.59. The Morgan fingerprint density at radius 3 is 2.31 bits per heavy atom. The summed E-state index contributed by atoms with van der Waals surface area (Å²) in [5.41, 5.74) is 2.19. The van der Waals surface area contributed by atoms with Gasteiger partial charge in [-0.3, -0.25) is 0 Å². The number of ether oxygens (including phenoxy) is 2. The van der Waals surface area contributed by atoms with Crippen molar-refractivity contribution >= 4 is 12.1 Å². The SMILES string of the molecule is COc1ccc(-c2nn(-c3ccccc3)cc2CC(NC(=O)OC(C)(C)C)C(=O)O)cc1. The minimum absolute atomic E-state index is 0.0305. The first-order valence-corrected chi connectivity index (χ1v) is 10.2. The Morgan fingerprint density at radius 1 is 1.09 bits per heavy atom. The van der Waals surface area contributed by atoms with Crippen LogP contribution in [0.4, 0.5) is 4.79 Å². The molecule has 3 rings (SSSR count). The van der Waals surface area contributed by atoms with Crippen molar-refractivity contribution in [2.24, 2.45) is 0 Å². The molecule has 1 aromatic heterocycles. The maximum Gasteiger partial charge on any atom is 0.408 e. The molecule has 32 heavy (non-hydrogen) atoms. The second-order valence-corrected chi connectivity index (χ2v) is 8.25. The molecule has 2 N–H and O–H groups in total. The average Bonchev–Trinajstić information content (AvgIpc) is 3.16. The topological polar surface area (TPSA) is 103 Å². The van der Waals surface area contributed by atoms with Gasteiger partial charge in [0.1, 0.15) is 17.4 Å². The fourth-order valence-corrected chi connectivity index (χ4v) is 3.13. The summed E-state index contributed by atoms with van der Waals surface area (Å²) in [5, 5.41) is 16.9. The summed E-state index contributed by atoms with van der Waals surface area (Å²) in [5.74, 6) is -0.461. The van der Waals surface area contributed by atoms with Crippen LogP contribution in [-0.4, -0.2) is 45.7 Å². The van der Waals surface area contributed by atoms with Crippen LogP contribution in [0.5, 0.6) is 5.75 Å². The minimum atomic E-state index is -1.18. The van der Waals surface area contributed by atoms with Crippen LogP contribution in [-0.2, 0) is 16.0 Å². The Bertz CT molecular complexity index is 1070. The fourth-order valence-electron chi connectivity index (χ4n) is 3.13. The number of amides is 1. The molecule has 0 radical (unpaired) electrons. The molecule has 0 bridgehead atoms. The number of carbonyl (C=O) groups is 2. The van der Waals surface area contributed by atoms with Crippen LogP contribution in [0.1, 0.15) is 26.3 Å². The number of nitrogens with zero attached hydrogens (tertiary/aromatic N) is 2. The largest absolute Gasteiger partial charge is 0.497 e. The van der Waals surface area contributed by atoms with E-state index < -0.39 is 23.7 Å². The van der Waals surface area contributed by atoms with Gasteiger partial charge in [-0.25, -0.2) is 14.3 Å². The summed E-state index contributed by atoms with van der Waals surface area (Å²) < 4.78 is 12.1. The first kappa shape index (κ1) is 22.9. The third-order valence-electron chi connectivity index (χ3n) is 4.59. The summed E-state index contributed by atoms with van der Waals surface area (Å²) in [6.45, 7) is 5.15. The molecule has 3 aromatic rings. The van der Waals surface area contributed by atoms with E-state index in [0.29, 0.717) is 17.0 Å². The van der Waals surface area contributed by atoms with E-state index in [2.05, 4.69) is 5.32 Å². The quantitative estimate of drug-likeness (QED) is 0.578. The van der Waals surface area contributed by atoms with Gasteiger partial charge >= 0.3 is 12.1 Å². The van der Waals surface area contributed by atoms with E-state index in [1.807, 2.05) is 54.6 Å². The Morgan fingerprint density at radius 2 is 1.75 bits per heavy atom. The number of alkyl carbamates (subject to hydrolysis) is 1. The Labute approximate surface area is 186 Å². The van der Waals surface area contributed by atoms with Crippen LogP contribution in [0.15, 0.2) is 60.8 Å². The predicted octanol–water partition coefficient (Wildman–Crippen LogP) is 4.07. The number of methoxy groups -OCH3 is 1. The lowest BCUT2D eigenvalue weighted by molar-refractivity contribution is -0.139. The highest BCUT2D eigenvalue weighted by molar-refractivity contribution is 5.81. The van der Waals surface area contributed by atoms with Crippen LogP contribution >= 0.6 is 0 Å². The predicted molar refractivity (Wildman–Crippen MR) is 120 cm³/mol. The fraction of sp³-hybridized carbons (Fsp3) is 0.292. The summed E-state index contributed by atoms with van der Waals surface area (Å²) >= 11 is 0. The van der Waals surface area contributed by atoms with Crippen LogP contribution in [0.3, 0.4) is 0 Å². The van der Waals surface area contributed by atoms with Crippen molar-refractivity contribution in [3.63, 3.8) is 0 Å². The van der Waals surface area contributed by atoms with Gasteiger partial charge in [0.25, 0.3) is 0 Å². The molecular formula is C24H27N3O5. The van der Waals surface area contributed by atoms with Crippen molar-refractivity contribution in [2.45, 2.75) is 38.8 Å². The number of carboxylic acids is 1. The second kappa shape index (κ2) is 9.55. The molecule has 0 aliphatic heterocycles. The van der Waals surface area contributed by atoms with Crippen molar-refractivity contribution in [3.8, 4) is 22.7 Å². The summed E-state index contributed by atoms with van der Waals surface area (Å²) in [4.78, 5) is 24.1. The molecule has 0 fully saturated rings. The number of hydrogen-bond acceptors (Lipinski definition) is 5. The number of aromatic nitrogens is 2. The van der Waals surface area contributed by atoms with Crippen molar-refractivity contribution in [3.05, 3.63) is 66.4 Å². The molecule has 8 heteroatoms. The van der Waals surface area contributed by atoms with E-state index >= 15 is 0 Å². The van der Waals surface area contributed by atoms with Gasteiger partial charge in [-0.2, -0.15) is 5.10 Å². The number of nitrogens with one attached hydrogen (secondary N) is 1. The lowest BCUT2D eigenvalue weighted by Crippen LogP contribution is -2.44. The standard InChI is InChI=1S/C24H27N3O5/c1-24(2,3)32-23(30)25-20(22(28)29)14-17-15-27(18-8-6-5-7-9-18)26-21(17)16-10-12-19(31-4)13-11-16/h5-13,15,20H,14H2,1-4H3,(H,25,30)(H,28,29). The molecule has 1 atom stereocenters. The Kier molecular flexibility index (Phi) is 6.82. The molecule has 8 nitrogen and oxygen atoms in total. The number of para-hydroxylation sites is 1. The van der Waals surface area contributed by atoms with Crippen LogP contribution in [0.2, 0.25) is 0 Å². The summed E-state index contributed by atoms with van der Waals surface area (Å²) in [6, 6.07) is 15.7. The maximum atomic E-state index is 12.2. The normalized spacial score (nSPS) is 12.1. The van der Waals surface area contributed by atoms with Gasteiger partial charge in [0.15, 0.2) is 0 Å². The molecular weight excluding hydrogens is 410 g/mol. The molecule has 0 aliphatic rings. The van der Waals surface area contributed by atoms with Gasteiger partial charge in [0.2, 0.25) is 0 Å². The number of rotatable bonds is 7. The van der Waals surface area contributed by atoms with E-state index in [4.69, 9.17) is 14.6 Å². The third kappa shape index (κ3) is 5.87. The highest BCUT2D eigenvalue weighted by Gasteiger charge is 2.26. The van der Waals surface area contributed by atoms with Crippen LogP contribution < -0.4 is 10.1 Å². The summed E-state index contributed by atoms with van der Waals surface area (Å²) in [7, 11) is 1.59. The van der Waals surface area contributed by atoms with Gasteiger partial charge in [-0.05, 0) is 57.2 Å². The van der Waals surface area contributed by atoms with Gasteiger partial charge < -0.3 is 19.9 Å². The van der Waals surface area contributed by atoms with Gasteiger partial charge in [-0.1, -0.05) is 18.2 Å². The van der Waals surface area contributed by atoms with Crippen LogP contribution in [0, 0.1) is 0 Å². The van der Waals surface area contributed by atoms with E-state index in [1.165, 1.54) is 0 Å². The van der Waals surface area contributed by atoms with E-state index in [9.17, 15) is 14.7 Å². The van der Waals surface area contributed by atoms with Gasteiger partial charge in [0.05, 0.1) is 18.5 Å². The van der Waals surface area contributed by atoms with Gasteiger partial charge in [-0.15, -0.1) is 0 Å². The minimum Gasteiger partial charge on any atom is -0.497 e. The van der Waals surface area contributed by atoms with Crippen molar-refractivity contribution in [1.29, 1.82) is 0 Å². The van der Waals surface area contributed by atoms with E-state index in [-0.39, 0.29) is 6.42 Å². The zero-order valence-corrected chi connectivity index (χ0v) is 18.5. The average molecular weight is 437 g/mol. The molecule has 0 saturated carbocycles. The number of carboxylic acid groups (broad SMARTS) is 1.